The minimum absolute atomic E-state index is 0.0545. The van der Waals surface area contributed by atoms with E-state index in [9.17, 15) is 0 Å². The lowest BCUT2D eigenvalue weighted by Gasteiger charge is -2.37. The summed E-state index contributed by atoms with van der Waals surface area (Å²) < 4.78 is 0. The number of hydrogen-bond donors (Lipinski definition) is 3. The van der Waals surface area contributed by atoms with Gasteiger partial charge in [0.25, 0.3) is 0 Å². The van der Waals surface area contributed by atoms with E-state index in [1.165, 1.54) is 22.3 Å². The zero-order valence-corrected chi connectivity index (χ0v) is 25.6. The molecule has 4 atom stereocenters. The van der Waals surface area contributed by atoms with Crippen LogP contribution in [-0.2, 0) is 6.54 Å². The Balaban J connectivity index is 0.00000274. The van der Waals surface area contributed by atoms with Gasteiger partial charge in [-0.15, -0.1) is 0 Å². The van der Waals surface area contributed by atoms with Crippen molar-refractivity contribution in [3.63, 3.8) is 0 Å². The van der Waals surface area contributed by atoms with Crippen molar-refractivity contribution in [2.24, 2.45) is 15.9 Å². The summed E-state index contributed by atoms with van der Waals surface area (Å²) in [5, 5.41) is 14.4. The largest absolute Gasteiger partial charge is 0.400 e. The van der Waals surface area contributed by atoms with Crippen molar-refractivity contribution in [2.45, 2.75) is 65.3 Å². The van der Waals surface area contributed by atoms with Crippen molar-refractivity contribution in [1.29, 1.82) is 0 Å². The highest BCUT2D eigenvalue weighted by Gasteiger charge is 2.32. The van der Waals surface area contributed by atoms with E-state index in [1.807, 2.05) is 6.08 Å². The Morgan fingerprint density at radius 3 is 2.42 bits per heavy atom. The van der Waals surface area contributed by atoms with Crippen LogP contribution < -0.4 is 10.6 Å². The Hall–Kier alpha value is -3.32. The van der Waals surface area contributed by atoms with Crippen molar-refractivity contribution < 1.29 is 5.11 Å². The first kappa shape index (κ1) is 32.9. The number of aliphatic imine (C=N–C) groups is 2. The molecule has 0 saturated carbocycles. The second-order valence-corrected chi connectivity index (χ2v) is 10.8. The van der Waals surface area contributed by atoms with Gasteiger partial charge in [0.15, 0.2) is 0 Å². The molecule has 1 aliphatic heterocycles. The fourth-order valence-electron chi connectivity index (χ4n) is 5.00. The first-order valence-electron chi connectivity index (χ1n) is 13.9. The minimum atomic E-state index is -0.186. The number of benzene rings is 1. The quantitative estimate of drug-likeness (QED) is 0.348. The molecule has 4 unspecified atom stereocenters. The summed E-state index contributed by atoms with van der Waals surface area (Å²) in [6, 6.07) is 4.51. The van der Waals surface area contributed by atoms with Crippen molar-refractivity contribution in [3.8, 4) is 0 Å². The van der Waals surface area contributed by atoms with Crippen LogP contribution in [0.25, 0.3) is 0 Å². The lowest BCUT2D eigenvalue weighted by atomic mass is 9.93. The van der Waals surface area contributed by atoms with E-state index in [0.29, 0.717) is 12.5 Å². The summed E-state index contributed by atoms with van der Waals surface area (Å²) in [7, 11) is 5.15. The van der Waals surface area contributed by atoms with Gasteiger partial charge in [-0.1, -0.05) is 75.2 Å². The molecule has 1 aromatic rings. The highest BCUT2D eigenvalue weighted by molar-refractivity contribution is 6.15. The first-order chi connectivity index (χ1) is 19.0. The highest BCUT2D eigenvalue weighted by atomic mass is 16.2. The van der Waals surface area contributed by atoms with Crippen molar-refractivity contribution in [3.05, 3.63) is 107 Å². The molecule has 0 bridgehead atoms. The van der Waals surface area contributed by atoms with Gasteiger partial charge in [-0.2, -0.15) is 0 Å². The molecule has 1 aromatic carbocycles. The molecule has 216 valence electrons. The van der Waals surface area contributed by atoms with Crippen LogP contribution in [0.4, 0.5) is 0 Å². The van der Waals surface area contributed by atoms with Gasteiger partial charge in [0.2, 0.25) is 0 Å². The number of hydrogen-bond acceptors (Lipinski definition) is 6. The van der Waals surface area contributed by atoms with Crippen LogP contribution in [0.15, 0.2) is 95.2 Å². The maximum Gasteiger partial charge on any atom is 0.111 e. The smallest absolute Gasteiger partial charge is 0.111 e. The predicted molar refractivity (Wildman–Crippen MR) is 173 cm³/mol. The van der Waals surface area contributed by atoms with E-state index in [-0.39, 0.29) is 18.2 Å². The van der Waals surface area contributed by atoms with Crippen molar-refractivity contribution in [1.82, 2.24) is 15.5 Å². The lowest BCUT2D eigenvalue weighted by Crippen LogP contribution is -2.55. The summed E-state index contributed by atoms with van der Waals surface area (Å²) >= 11 is 0. The van der Waals surface area contributed by atoms with E-state index in [0.717, 1.165) is 48.1 Å². The van der Waals surface area contributed by atoms with Crippen LogP contribution in [0, 0.1) is 26.7 Å². The standard InChI is InChI=1S/C33H45N5.CH4O/c1-11-28-14-13-22(3)30(15-12-21(2)16-28)37-33(38(9)10)32-26(7)31(35-20-36-32)27(8)34-19-29-17-23(4)25(6)24(5)18-29;1-2/h11,13-14,16-18,20,22,30,32-34,37H,1-2,7-8,12,15,19H2,3-6,9-10H3;2H,1H3/b14-13-,28-16-;. The molecule has 0 fully saturated rings. The predicted octanol–water partition coefficient (Wildman–Crippen LogP) is 5.73. The third-order valence-electron chi connectivity index (χ3n) is 7.70. The molecule has 6 heteroatoms. The third-order valence-corrected chi connectivity index (χ3v) is 7.70. The lowest BCUT2D eigenvalue weighted by molar-refractivity contribution is 0.190. The van der Waals surface area contributed by atoms with Crippen LogP contribution in [0.1, 0.15) is 42.0 Å². The molecule has 1 heterocycles. The average Bonchev–Trinajstić information content (AvgIpc) is 2.99. The molecule has 0 amide bonds. The molecule has 0 radical (unpaired) electrons. The van der Waals surface area contributed by atoms with Crippen LogP contribution in [-0.4, -0.2) is 61.5 Å². The van der Waals surface area contributed by atoms with Gasteiger partial charge in [-0.25, -0.2) is 4.99 Å². The zero-order valence-electron chi connectivity index (χ0n) is 25.6. The molecular weight excluding hydrogens is 494 g/mol. The number of nitrogens with one attached hydrogen (secondary N) is 2. The molecule has 6 nitrogen and oxygen atoms in total. The second-order valence-electron chi connectivity index (χ2n) is 10.8. The number of aliphatic hydroxyl groups is 1. The fourth-order valence-corrected chi connectivity index (χ4v) is 5.00. The fraction of sp³-hybridized carbons (Fsp3) is 0.412. The Labute approximate surface area is 242 Å². The number of aliphatic hydroxyl groups excluding tert-OH is 1. The van der Waals surface area contributed by atoms with E-state index in [1.54, 1.807) is 6.34 Å². The summed E-state index contributed by atoms with van der Waals surface area (Å²) in [5.74, 6) is 0.318. The van der Waals surface area contributed by atoms with Crippen LogP contribution in [0.2, 0.25) is 0 Å². The maximum absolute atomic E-state index is 7.00. The SMILES string of the molecule is C=CC1=C/C(=C)CCC(NC(C2N=CN=C(C(=C)NCc3cc(C)c(C)c(C)c3)C2=C)N(C)C)C(C)/C=C\1.CO. The summed E-state index contributed by atoms with van der Waals surface area (Å²) in [6.45, 7) is 26.3. The Morgan fingerprint density at radius 2 is 1.82 bits per heavy atom. The number of rotatable bonds is 9. The Kier molecular flexibility index (Phi) is 12.7. The van der Waals surface area contributed by atoms with E-state index >= 15 is 0 Å². The summed E-state index contributed by atoms with van der Waals surface area (Å²) in [5.41, 5.74) is 9.77. The average molecular weight is 544 g/mol. The second kappa shape index (κ2) is 15.5. The van der Waals surface area contributed by atoms with Crippen LogP contribution >= 0.6 is 0 Å². The van der Waals surface area contributed by atoms with Gasteiger partial charge < -0.3 is 10.4 Å². The zero-order chi connectivity index (χ0) is 30.0. The van der Waals surface area contributed by atoms with Gasteiger partial charge in [0.05, 0.1) is 17.6 Å². The molecule has 3 rings (SSSR count). The van der Waals surface area contributed by atoms with Crippen molar-refractivity contribution >= 4 is 12.1 Å². The first-order valence-corrected chi connectivity index (χ1v) is 13.9. The van der Waals surface area contributed by atoms with Gasteiger partial charge >= 0.3 is 0 Å². The van der Waals surface area contributed by atoms with Crippen LogP contribution in [0.5, 0.6) is 0 Å². The minimum Gasteiger partial charge on any atom is -0.400 e. The van der Waals surface area contributed by atoms with Crippen LogP contribution in [0.3, 0.4) is 0 Å². The molecule has 1 aliphatic carbocycles. The topological polar surface area (TPSA) is 72.2 Å². The highest BCUT2D eigenvalue weighted by Crippen LogP contribution is 2.24. The summed E-state index contributed by atoms with van der Waals surface area (Å²) in [6.07, 6.45) is 11.9. The van der Waals surface area contributed by atoms with E-state index < -0.39 is 0 Å². The molecular formula is C34H49N5O. The molecule has 40 heavy (non-hydrogen) atoms. The number of aryl methyl sites for hydroxylation is 2. The Morgan fingerprint density at radius 1 is 1.18 bits per heavy atom. The van der Waals surface area contributed by atoms with Gasteiger partial charge in [-0.3, -0.25) is 15.2 Å². The van der Waals surface area contributed by atoms with Gasteiger partial charge in [0.1, 0.15) is 12.4 Å². The molecule has 2 aliphatic rings. The molecule has 0 aromatic heterocycles. The molecule has 3 N–H and O–H groups in total. The third kappa shape index (κ3) is 8.59. The monoisotopic (exact) mass is 543 g/mol. The number of likely N-dealkylation sites (N-methyl/N-ethyl adjacent to an activating group) is 1. The normalized spacial score (nSPS) is 23.9. The maximum atomic E-state index is 7.00. The van der Waals surface area contributed by atoms with E-state index in [2.05, 4.69) is 119 Å². The Bertz CT molecular complexity index is 1190. The van der Waals surface area contributed by atoms with Crippen molar-refractivity contribution in [2.75, 3.05) is 21.2 Å². The van der Waals surface area contributed by atoms with E-state index in [4.69, 9.17) is 10.1 Å². The molecule has 0 saturated heterocycles. The van der Waals surface area contributed by atoms with Gasteiger partial charge in [0, 0.05) is 25.3 Å². The van der Waals surface area contributed by atoms with Gasteiger partial charge in [-0.05, 0) is 81.5 Å². The summed E-state index contributed by atoms with van der Waals surface area (Å²) in [4.78, 5) is 11.5. The number of nitrogens with zero attached hydrogens (tertiary/aromatic N) is 3. The molecule has 0 spiro atoms. The number of allylic oxidation sites excluding steroid dienone is 6.